The number of ether oxygens (including phenoxy) is 1. The third-order valence-corrected chi connectivity index (χ3v) is 7.51. The molecule has 5 rings (SSSR count). The van der Waals surface area contributed by atoms with Gasteiger partial charge in [-0.15, -0.1) is 11.3 Å². The van der Waals surface area contributed by atoms with Crippen LogP contribution >= 0.6 is 11.3 Å². The van der Waals surface area contributed by atoms with Crippen molar-refractivity contribution in [3.8, 4) is 0 Å². The molecule has 0 bridgehead atoms. The van der Waals surface area contributed by atoms with Crippen LogP contribution in [0.2, 0.25) is 0 Å². The van der Waals surface area contributed by atoms with Crippen LogP contribution < -0.4 is 9.96 Å². The van der Waals surface area contributed by atoms with E-state index in [0.29, 0.717) is 10.6 Å². The van der Waals surface area contributed by atoms with Crippen LogP contribution in [0.25, 0.3) is 0 Å². The molecule has 174 valence electrons. The Kier molecular flexibility index (Phi) is 5.71. The van der Waals surface area contributed by atoms with Crippen molar-refractivity contribution in [3.05, 3.63) is 82.2 Å². The van der Waals surface area contributed by atoms with Crippen molar-refractivity contribution >= 4 is 39.8 Å². The Balaban J connectivity index is 1.59. The normalized spacial score (nSPS) is 21.8. The number of imide groups is 1. The van der Waals surface area contributed by atoms with Gasteiger partial charge in [-0.3, -0.25) is 14.4 Å². The van der Waals surface area contributed by atoms with Gasteiger partial charge in [0.25, 0.3) is 5.91 Å². The number of carbonyl (C=O) groups excluding carboxylic acids is 3. The highest BCUT2D eigenvalue weighted by molar-refractivity contribution is 7.17. The second kappa shape index (κ2) is 8.70. The number of aryl methyl sites for hydroxylation is 1. The highest BCUT2D eigenvalue weighted by atomic mass is 32.1. The first-order chi connectivity index (χ1) is 16.4. The molecule has 3 atom stereocenters. The molecule has 2 aromatic carbocycles. The minimum atomic E-state index is -0.990. The number of nitrogens with zero attached hydrogens (tertiary/aromatic N) is 2. The lowest BCUT2D eigenvalue weighted by atomic mass is 9.90. The van der Waals surface area contributed by atoms with Crippen LogP contribution in [0.1, 0.15) is 39.3 Å². The fourth-order valence-electron chi connectivity index (χ4n) is 4.61. The summed E-state index contributed by atoms with van der Waals surface area (Å²) in [5.74, 6) is -2.15. The molecule has 3 heterocycles. The molecule has 0 unspecified atom stereocenters. The fourth-order valence-corrected chi connectivity index (χ4v) is 5.77. The van der Waals surface area contributed by atoms with Crippen molar-refractivity contribution < 1.29 is 24.0 Å². The van der Waals surface area contributed by atoms with E-state index in [1.165, 1.54) is 11.3 Å². The molecule has 7 nitrogen and oxygen atoms in total. The predicted octanol–water partition coefficient (Wildman–Crippen LogP) is 4.59. The number of amides is 2. The summed E-state index contributed by atoms with van der Waals surface area (Å²) in [7, 11) is 0. The Bertz CT molecular complexity index is 1260. The second-order valence-corrected chi connectivity index (χ2v) is 9.47. The van der Waals surface area contributed by atoms with Gasteiger partial charge in [-0.05, 0) is 44.0 Å². The van der Waals surface area contributed by atoms with Gasteiger partial charge in [0.1, 0.15) is 10.9 Å². The van der Waals surface area contributed by atoms with Crippen LogP contribution in [-0.2, 0) is 19.2 Å². The molecule has 8 heteroatoms. The number of para-hydroxylation sites is 1. The van der Waals surface area contributed by atoms with E-state index in [9.17, 15) is 14.4 Å². The summed E-state index contributed by atoms with van der Waals surface area (Å²) in [4.78, 5) is 48.4. The van der Waals surface area contributed by atoms with Gasteiger partial charge in [-0.2, -0.15) is 0 Å². The Hall–Kier alpha value is -3.49. The van der Waals surface area contributed by atoms with Crippen molar-refractivity contribution in [2.75, 3.05) is 16.6 Å². The lowest BCUT2D eigenvalue weighted by Crippen LogP contribution is -2.37. The van der Waals surface area contributed by atoms with Crippen molar-refractivity contribution in [3.63, 3.8) is 0 Å². The van der Waals surface area contributed by atoms with Crippen molar-refractivity contribution in [1.82, 2.24) is 0 Å². The minimum absolute atomic E-state index is 0.199. The van der Waals surface area contributed by atoms with E-state index in [1.54, 1.807) is 18.9 Å². The zero-order valence-corrected chi connectivity index (χ0v) is 19.9. The molecule has 0 saturated carbocycles. The summed E-state index contributed by atoms with van der Waals surface area (Å²) in [6.45, 7) is 5.58. The van der Waals surface area contributed by atoms with Gasteiger partial charge in [0.2, 0.25) is 5.91 Å². The SMILES string of the molecule is CCOC(=O)c1c(N2C(=O)[C@@H]3[C@H](ON(c4ccccc4)[C@@H]3c3ccccc3)C2=O)sc(C)c1C. The molecule has 3 aromatic rings. The van der Waals surface area contributed by atoms with Gasteiger partial charge in [-0.1, -0.05) is 48.5 Å². The van der Waals surface area contributed by atoms with E-state index in [-0.39, 0.29) is 18.1 Å². The van der Waals surface area contributed by atoms with E-state index in [4.69, 9.17) is 9.57 Å². The number of carbonyl (C=O) groups is 3. The highest BCUT2D eigenvalue weighted by Crippen LogP contribution is 2.49. The maximum absolute atomic E-state index is 13.9. The smallest absolute Gasteiger partial charge is 0.341 e. The molecule has 34 heavy (non-hydrogen) atoms. The van der Waals surface area contributed by atoms with Crippen LogP contribution in [0.5, 0.6) is 0 Å². The van der Waals surface area contributed by atoms with E-state index in [1.807, 2.05) is 67.6 Å². The van der Waals surface area contributed by atoms with Crippen LogP contribution in [-0.4, -0.2) is 30.5 Å². The van der Waals surface area contributed by atoms with E-state index in [2.05, 4.69) is 0 Å². The van der Waals surface area contributed by atoms with Gasteiger partial charge in [0.15, 0.2) is 6.10 Å². The number of hydrogen-bond acceptors (Lipinski definition) is 7. The average molecular weight is 477 g/mol. The molecule has 2 aliphatic rings. The molecule has 0 aliphatic carbocycles. The summed E-state index contributed by atoms with van der Waals surface area (Å²) >= 11 is 1.25. The average Bonchev–Trinajstić information content (AvgIpc) is 3.45. The van der Waals surface area contributed by atoms with Crippen molar-refractivity contribution in [1.29, 1.82) is 0 Å². The van der Waals surface area contributed by atoms with E-state index < -0.39 is 29.9 Å². The fraction of sp³-hybridized carbons (Fsp3) is 0.269. The number of thiophene rings is 1. The quantitative estimate of drug-likeness (QED) is 0.396. The molecular weight excluding hydrogens is 452 g/mol. The lowest BCUT2D eigenvalue weighted by molar-refractivity contribution is -0.126. The number of anilines is 2. The van der Waals surface area contributed by atoms with Gasteiger partial charge >= 0.3 is 5.97 Å². The number of benzene rings is 2. The molecule has 2 aliphatic heterocycles. The van der Waals surface area contributed by atoms with Gasteiger partial charge in [-0.25, -0.2) is 14.8 Å². The third-order valence-electron chi connectivity index (χ3n) is 6.32. The maximum Gasteiger partial charge on any atom is 0.341 e. The summed E-state index contributed by atoms with van der Waals surface area (Å²) in [5, 5.41) is 1.97. The largest absolute Gasteiger partial charge is 0.462 e. The number of esters is 1. The Morgan fingerprint density at radius 2 is 1.65 bits per heavy atom. The highest BCUT2D eigenvalue weighted by Gasteiger charge is 2.61. The molecule has 2 saturated heterocycles. The Morgan fingerprint density at radius 3 is 2.29 bits per heavy atom. The van der Waals surface area contributed by atoms with Gasteiger partial charge < -0.3 is 4.74 Å². The van der Waals surface area contributed by atoms with E-state index >= 15 is 0 Å². The maximum atomic E-state index is 13.9. The Labute approximate surface area is 201 Å². The van der Waals surface area contributed by atoms with Crippen LogP contribution in [0.4, 0.5) is 10.7 Å². The zero-order chi connectivity index (χ0) is 24.0. The number of fused-ring (bicyclic) bond motifs is 1. The first kappa shape index (κ1) is 22.3. The third kappa shape index (κ3) is 3.41. The molecule has 2 amide bonds. The van der Waals surface area contributed by atoms with Gasteiger partial charge in [0, 0.05) is 4.88 Å². The summed E-state index contributed by atoms with van der Waals surface area (Å²) in [5.41, 5.74) is 2.60. The molecule has 0 spiro atoms. The predicted molar refractivity (Wildman–Crippen MR) is 129 cm³/mol. The molecular formula is C26H24N2O5S. The van der Waals surface area contributed by atoms with Crippen molar-refractivity contribution in [2.24, 2.45) is 5.92 Å². The Morgan fingerprint density at radius 1 is 1.00 bits per heavy atom. The zero-order valence-electron chi connectivity index (χ0n) is 19.1. The minimum Gasteiger partial charge on any atom is -0.462 e. The monoisotopic (exact) mass is 476 g/mol. The first-order valence-electron chi connectivity index (χ1n) is 11.1. The topological polar surface area (TPSA) is 76.2 Å². The molecule has 0 radical (unpaired) electrons. The lowest BCUT2D eigenvalue weighted by Gasteiger charge is -2.28. The molecule has 2 fully saturated rings. The number of rotatable bonds is 5. The van der Waals surface area contributed by atoms with E-state index in [0.717, 1.165) is 21.0 Å². The van der Waals surface area contributed by atoms with Gasteiger partial charge in [0.05, 0.1) is 23.9 Å². The summed E-state index contributed by atoms with van der Waals surface area (Å²) in [6, 6.07) is 18.5. The molecule has 1 aromatic heterocycles. The second-order valence-electron chi connectivity index (χ2n) is 8.26. The van der Waals surface area contributed by atoms with Crippen molar-refractivity contribution in [2.45, 2.75) is 32.9 Å². The van der Waals surface area contributed by atoms with Crippen LogP contribution in [0.15, 0.2) is 60.7 Å². The standard InChI is InChI=1S/C26H24N2O5S/c1-4-32-26(31)19-15(2)16(3)34-25(19)27-23(29)20-21(17-11-7-5-8-12-17)28(33-22(20)24(27)30)18-13-9-6-10-14-18/h5-14,20-22H,4H2,1-3H3/t20-,21+,22-/m0/s1. The van der Waals surface area contributed by atoms with Crippen LogP contribution in [0.3, 0.4) is 0 Å². The summed E-state index contributed by atoms with van der Waals surface area (Å²) in [6.07, 6.45) is -0.990. The van der Waals surface area contributed by atoms with Crippen LogP contribution in [0, 0.1) is 19.8 Å². The molecule has 0 N–H and O–H groups in total. The number of hydrogen-bond donors (Lipinski definition) is 0. The first-order valence-corrected chi connectivity index (χ1v) is 12.0. The number of hydroxylamine groups is 1. The summed E-state index contributed by atoms with van der Waals surface area (Å²) < 4.78 is 5.23.